The fourth-order valence-corrected chi connectivity index (χ4v) is 3.16. The molecule has 0 aliphatic carbocycles. The fraction of sp³-hybridized carbons (Fsp3) is 0.438. The molecule has 1 aromatic carbocycles. The molecule has 1 heterocycles. The van der Waals surface area contributed by atoms with E-state index in [1.807, 2.05) is 11.7 Å². The number of nitrogens with zero attached hydrogens (tertiary/aromatic N) is 2. The molecule has 0 bridgehead atoms. The van der Waals surface area contributed by atoms with Crippen LogP contribution in [0.2, 0.25) is 0 Å². The minimum atomic E-state index is 0.276. The number of halogens is 1. The van der Waals surface area contributed by atoms with Gasteiger partial charge in [-0.05, 0) is 45.4 Å². The number of aromatic nitrogens is 2. The third kappa shape index (κ3) is 3.13. The van der Waals surface area contributed by atoms with Crippen LogP contribution in [0.1, 0.15) is 48.4 Å². The molecule has 1 aromatic heterocycles. The molecule has 0 spiro atoms. The molecule has 3 nitrogen and oxygen atoms in total. The lowest BCUT2D eigenvalue weighted by Crippen LogP contribution is -2.23. The molecule has 2 rings (SSSR count). The van der Waals surface area contributed by atoms with Crippen LogP contribution in [0.3, 0.4) is 0 Å². The highest BCUT2D eigenvalue weighted by atomic mass is 79.9. The van der Waals surface area contributed by atoms with Crippen LogP contribution in [0.15, 0.2) is 28.7 Å². The van der Waals surface area contributed by atoms with Gasteiger partial charge in [-0.25, -0.2) is 0 Å². The van der Waals surface area contributed by atoms with Crippen LogP contribution in [0.5, 0.6) is 0 Å². The quantitative estimate of drug-likeness (QED) is 0.906. The average Bonchev–Trinajstić information content (AvgIpc) is 2.63. The zero-order chi connectivity index (χ0) is 14.9. The minimum absolute atomic E-state index is 0.276. The number of hydrogen-bond acceptors (Lipinski definition) is 2. The van der Waals surface area contributed by atoms with E-state index >= 15 is 0 Å². The van der Waals surface area contributed by atoms with Crippen LogP contribution >= 0.6 is 15.9 Å². The van der Waals surface area contributed by atoms with Crippen LogP contribution in [-0.2, 0) is 7.05 Å². The van der Waals surface area contributed by atoms with Gasteiger partial charge in [0.15, 0.2) is 0 Å². The van der Waals surface area contributed by atoms with E-state index < -0.39 is 0 Å². The molecule has 0 aliphatic rings. The summed E-state index contributed by atoms with van der Waals surface area (Å²) in [6.45, 7) is 8.59. The molecule has 20 heavy (non-hydrogen) atoms. The van der Waals surface area contributed by atoms with Crippen molar-refractivity contribution in [1.29, 1.82) is 0 Å². The van der Waals surface area contributed by atoms with Gasteiger partial charge in [0.2, 0.25) is 0 Å². The SMILES string of the molecule is Cc1nn(C)c(C)c1C(C)N[C@H](C)c1cccc(Br)c1. The summed E-state index contributed by atoms with van der Waals surface area (Å²) < 4.78 is 3.07. The monoisotopic (exact) mass is 335 g/mol. The number of nitrogens with one attached hydrogen (secondary N) is 1. The first kappa shape index (κ1) is 15.3. The molecule has 0 fully saturated rings. The van der Waals surface area contributed by atoms with E-state index in [-0.39, 0.29) is 6.04 Å². The lowest BCUT2D eigenvalue weighted by molar-refractivity contribution is 0.491. The second-order valence-corrected chi connectivity index (χ2v) is 6.29. The normalized spacial score (nSPS) is 14.3. The van der Waals surface area contributed by atoms with Crippen molar-refractivity contribution in [3.8, 4) is 0 Å². The lowest BCUT2D eigenvalue weighted by Gasteiger charge is -2.21. The summed E-state index contributed by atoms with van der Waals surface area (Å²) >= 11 is 3.53. The number of rotatable bonds is 4. The molecule has 0 radical (unpaired) electrons. The van der Waals surface area contributed by atoms with Crippen molar-refractivity contribution < 1.29 is 0 Å². The van der Waals surface area contributed by atoms with E-state index in [1.54, 1.807) is 0 Å². The van der Waals surface area contributed by atoms with Gasteiger partial charge in [-0.3, -0.25) is 4.68 Å². The van der Waals surface area contributed by atoms with E-state index in [1.165, 1.54) is 16.8 Å². The Bertz CT molecular complexity index is 604. The molecular weight excluding hydrogens is 314 g/mol. The number of aryl methyl sites for hydroxylation is 2. The summed E-state index contributed by atoms with van der Waals surface area (Å²) in [5, 5.41) is 8.16. The second kappa shape index (κ2) is 6.10. The fourth-order valence-electron chi connectivity index (χ4n) is 2.75. The lowest BCUT2D eigenvalue weighted by atomic mass is 10.0. The number of benzene rings is 1. The van der Waals surface area contributed by atoms with Crippen molar-refractivity contribution in [2.45, 2.75) is 39.8 Å². The van der Waals surface area contributed by atoms with Gasteiger partial charge in [0.25, 0.3) is 0 Å². The van der Waals surface area contributed by atoms with Gasteiger partial charge in [-0.15, -0.1) is 0 Å². The van der Waals surface area contributed by atoms with Gasteiger partial charge in [0, 0.05) is 34.9 Å². The Morgan fingerprint density at radius 3 is 2.45 bits per heavy atom. The van der Waals surface area contributed by atoms with Crippen molar-refractivity contribution in [2.24, 2.45) is 7.05 Å². The first-order chi connectivity index (χ1) is 9.40. The number of hydrogen-bond donors (Lipinski definition) is 1. The molecule has 2 aromatic rings. The molecular formula is C16H22BrN3. The maximum Gasteiger partial charge on any atom is 0.0644 e. The zero-order valence-electron chi connectivity index (χ0n) is 12.7. The smallest absolute Gasteiger partial charge is 0.0644 e. The molecule has 4 heteroatoms. The van der Waals surface area contributed by atoms with Crippen molar-refractivity contribution >= 4 is 15.9 Å². The summed E-state index contributed by atoms with van der Waals surface area (Å²) in [6, 6.07) is 9.00. The first-order valence-electron chi connectivity index (χ1n) is 6.91. The van der Waals surface area contributed by atoms with Gasteiger partial charge in [-0.2, -0.15) is 5.10 Å². The van der Waals surface area contributed by atoms with Crippen LogP contribution in [-0.4, -0.2) is 9.78 Å². The molecule has 1 unspecified atom stereocenters. The van der Waals surface area contributed by atoms with Crippen molar-refractivity contribution in [2.75, 3.05) is 0 Å². The van der Waals surface area contributed by atoms with E-state index in [9.17, 15) is 0 Å². The van der Waals surface area contributed by atoms with Crippen molar-refractivity contribution in [3.05, 3.63) is 51.3 Å². The van der Waals surface area contributed by atoms with Gasteiger partial charge in [0.1, 0.15) is 0 Å². The Kier molecular flexibility index (Phi) is 4.66. The Morgan fingerprint density at radius 2 is 1.90 bits per heavy atom. The van der Waals surface area contributed by atoms with Crippen molar-refractivity contribution in [1.82, 2.24) is 15.1 Å². The van der Waals surface area contributed by atoms with Crippen LogP contribution < -0.4 is 5.32 Å². The van der Waals surface area contributed by atoms with Crippen LogP contribution in [0.25, 0.3) is 0 Å². The molecule has 0 saturated heterocycles. The predicted octanol–water partition coefficient (Wildman–Crippen LogP) is 4.21. The summed E-state index contributed by atoms with van der Waals surface area (Å²) in [6.07, 6.45) is 0. The second-order valence-electron chi connectivity index (χ2n) is 5.37. The predicted molar refractivity (Wildman–Crippen MR) is 86.8 cm³/mol. The summed E-state index contributed by atoms with van der Waals surface area (Å²) in [5.74, 6) is 0. The summed E-state index contributed by atoms with van der Waals surface area (Å²) in [5.41, 5.74) is 4.91. The average molecular weight is 336 g/mol. The Morgan fingerprint density at radius 1 is 1.20 bits per heavy atom. The van der Waals surface area contributed by atoms with E-state index in [0.717, 1.165) is 10.2 Å². The zero-order valence-corrected chi connectivity index (χ0v) is 14.3. The van der Waals surface area contributed by atoms with Crippen LogP contribution in [0, 0.1) is 13.8 Å². The highest BCUT2D eigenvalue weighted by Gasteiger charge is 2.18. The Hall–Kier alpha value is -1.13. The van der Waals surface area contributed by atoms with Gasteiger partial charge in [0.05, 0.1) is 5.69 Å². The highest BCUT2D eigenvalue weighted by molar-refractivity contribution is 9.10. The molecule has 0 amide bonds. The standard InChI is InChI=1S/C16H22BrN3/c1-10(14-7-6-8-15(17)9-14)18-11(2)16-12(3)19-20(5)13(16)4/h6-11,18H,1-5H3/t10-,11?/m1/s1. The molecule has 2 atom stereocenters. The van der Waals surface area contributed by atoms with Gasteiger partial charge in [-0.1, -0.05) is 28.1 Å². The third-order valence-electron chi connectivity index (χ3n) is 3.85. The van der Waals surface area contributed by atoms with Crippen LogP contribution in [0.4, 0.5) is 0 Å². The largest absolute Gasteiger partial charge is 0.304 e. The minimum Gasteiger partial charge on any atom is -0.304 e. The van der Waals surface area contributed by atoms with E-state index in [2.05, 4.69) is 78.3 Å². The maximum absolute atomic E-state index is 4.49. The first-order valence-corrected chi connectivity index (χ1v) is 7.71. The summed E-state index contributed by atoms with van der Waals surface area (Å²) in [7, 11) is 2.00. The Labute approximate surface area is 129 Å². The topological polar surface area (TPSA) is 29.9 Å². The molecule has 108 valence electrons. The highest BCUT2D eigenvalue weighted by Crippen LogP contribution is 2.25. The van der Waals surface area contributed by atoms with Gasteiger partial charge < -0.3 is 5.32 Å². The molecule has 1 N–H and O–H groups in total. The van der Waals surface area contributed by atoms with E-state index in [0.29, 0.717) is 6.04 Å². The van der Waals surface area contributed by atoms with Gasteiger partial charge >= 0.3 is 0 Å². The Balaban J connectivity index is 2.17. The molecule has 0 aliphatic heterocycles. The molecule has 0 saturated carbocycles. The summed E-state index contributed by atoms with van der Waals surface area (Å²) in [4.78, 5) is 0. The third-order valence-corrected chi connectivity index (χ3v) is 4.34. The van der Waals surface area contributed by atoms with E-state index in [4.69, 9.17) is 0 Å². The maximum atomic E-state index is 4.49. The van der Waals surface area contributed by atoms with Crippen molar-refractivity contribution in [3.63, 3.8) is 0 Å².